The Balaban J connectivity index is 2.71. The second-order valence-electron chi connectivity index (χ2n) is 7.20. The third-order valence-electron chi connectivity index (χ3n) is 4.67. The first kappa shape index (κ1) is 25.8. The van der Waals surface area contributed by atoms with Gasteiger partial charge in [0.15, 0.2) is 0 Å². The summed E-state index contributed by atoms with van der Waals surface area (Å²) >= 11 is 0. The number of amides is 3. The maximum Gasteiger partial charge on any atom is 0.326 e. The predicted molar refractivity (Wildman–Crippen MR) is 104 cm³/mol. The Bertz CT molecular complexity index is 706. The molecule has 13 heteroatoms. The number of carboxylic acid groups (broad SMARTS) is 3. The third-order valence-corrected chi connectivity index (χ3v) is 4.67. The number of carbonyl (C=O) groups excluding carboxylic acids is 3. The van der Waals surface area contributed by atoms with Crippen molar-refractivity contribution in [2.45, 2.75) is 69.6 Å². The fourth-order valence-electron chi connectivity index (χ4n) is 2.92. The lowest BCUT2D eigenvalue weighted by atomic mass is 10.1. The van der Waals surface area contributed by atoms with Crippen LogP contribution in [-0.2, 0) is 28.8 Å². The van der Waals surface area contributed by atoms with Crippen LogP contribution < -0.4 is 21.3 Å². The molecule has 3 amide bonds. The van der Waals surface area contributed by atoms with Crippen molar-refractivity contribution in [3.8, 4) is 0 Å². The average Bonchev–Trinajstić information content (AvgIpc) is 3.22. The normalized spacial score (nSPS) is 18.3. The van der Waals surface area contributed by atoms with E-state index in [9.17, 15) is 28.8 Å². The molecule has 1 saturated heterocycles. The number of rotatable bonds is 13. The Hall–Kier alpha value is -3.22. The summed E-state index contributed by atoms with van der Waals surface area (Å²) in [4.78, 5) is 69.7. The Labute approximate surface area is 177 Å². The Morgan fingerprint density at radius 3 is 1.94 bits per heavy atom. The predicted octanol–water partition coefficient (Wildman–Crippen LogP) is -1.97. The molecule has 4 unspecified atom stereocenters. The molecule has 0 aromatic heterocycles. The van der Waals surface area contributed by atoms with Gasteiger partial charge in [-0.3, -0.25) is 24.0 Å². The van der Waals surface area contributed by atoms with E-state index in [1.165, 1.54) is 6.92 Å². The van der Waals surface area contributed by atoms with E-state index in [1.54, 1.807) is 0 Å². The molecule has 0 saturated carbocycles. The van der Waals surface area contributed by atoms with Crippen LogP contribution in [-0.4, -0.2) is 81.7 Å². The van der Waals surface area contributed by atoms with Gasteiger partial charge in [0, 0.05) is 12.8 Å². The molecular formula is C18H28N4O9. The van der Waals surface area contributed by atoms with Crippen molar-refractivity contribution < 1.29 is 44.1 Å². The second-order valence-corrected chi connectivity index (χ2v) is 7.20. The maximum absolute atomic E-state index is 12.5. The fourth-order valence-corrected chi connectivity index (χ4v) is 2.92. The monoisotopic (exact) mass is 444 g/mol. The minimum atomic E-state index is -1.46. The molecule has 31 heavy (non-hydrogen) atoms. The molecule has 174 valence electrons. The van der Waals surface area contributed by atoms with Gasteiger partial charge in [0.2, 0.25) is 17.7 Å². The van der Waals surface area contributed by atoms with Crippen LogP contribution in [0.3, 0.4) is 0 Å². The lowest BCUT2D eigenvalue weighted by Gasteiger charge is -2.23. The van der Waals surface area contributed by atoms with E-state index in [0.29, 0.717) is 13.0 Å². The number of carboxylic acids is 3. The van der Waals surface area contributed by atoms with Crippen molar-refractivity contribution in [2.24, 2.45) is 0 Å². The molecule has 0 bridgehead atoms. The molecule has 1 aliphatic heterocycles. The zero-order valence-electron chi connectivity index (χ0n) is 17.1. The average molecular weight is 444 g/mol. The first-order valence-electron chi connectivity index (χ1n) is 9.82. The standard InChI is InChI=1S/C18H28N4O9/c1-9(15(27)22-12(18(30)31)5-7-14(25)26)20-17(29)11(4-6-13(23)24)21-16(28)10-3-2-8-19-10/h9-12,19H,2-8H2,1H3,(H,20,29)(H,21,28)(H,22,27)(H,23,24)(H,25,26)(H,30,31). The number of hydrogen-bond acceptors (Lipinski definition) is 7. The molecule has 0 spiro atoms. The lowest BCUT2D eigenvalue weighted by molar-refractivity contribution is -0.143. The zero-order valence-corrected chi connectivity index (χ0v) is 17.1. The van der Waals surface area contributed by atoms with Crippen molar-refractivity contribution in [1.29, 1.82) is 0 Å². The van der Waals surface area contributed by atoms with E-state index in [2.05, 4.69) is 21.3 Å². The molecule has 0 aromatic rings. The highest BCUT2D eigenvalue weighted by atomic mass is 16.4. The van der Waals surface area contributed by atoms with E-state index in [4.69, 9.17) is 15.3 Å². The summed E-state index contributed by atoms with van der Waals surface area (Å²) in [6, 6.07) is -4.37. The maximum atomic E-state index is 12.5. The van der Waals surface area contributed by atoms with Gasteiger partial charge in [-0.05, 0) is 39.2 Å². The zero-order chi connectivity index (χ0) is 23.6. The molecule has 0 aromatic carbocycles. The van der Waals surface area contributed by atoms with Crippen LogP contribution in [0.15, 0.2) is 0 Å². The molecule has 1 aliphatic rings. The van der Waals surface area contributed by atoms with Crippen molar-refractivity contribution in [1.82, 2.24) is 21.3 Å². The smallest absolute Gasteiger partial charge is 0.326 e. The molecule has 1 heterocycles. The molecule has 1 rings (SSSR count). The van der Waals surface area contributed by atoms with Gasteiger partial charge < -0.3 is 36.6 Å². The van der Waals surface area contributed by atoms with Crippen molar-refractivity contribution in [3.05, 3.63) is 0 Å². The minimum absolute atomic E-state index is 0.204. The van der Waals surface area contributed by atoms with Crippen LogP contribution in [0.2, 0.25) is 0 Å². The summed E-state index contributed by atoms with van der Waals surface area (Å²) in [5.41, 5.74) is 0. The summed E-state index contributed by atoms with van der Waals surface area (Å²) in [5.74, 6) is -5.95. The second kappa shape index (κ2) is 12.5. The van der Waals surface area contributed by atoms with E-state index < -0.39 is 72.6 Å². The summed E-state index contributed by atoms with van der Waals surface area (Å²) < 4.78 is 0. The van der Waals surface area contributed by atoms with E-state index in [1.807, 2.05) is 0 Å². The minimum Gasteiger partial charge on any atom is -0.481 e. The van der Waals surface area contributed by atoms with Crippen LogP contribution in [0, 0.1) is 0 Å². The Morgan fingerprint density at radius 1 is 0.871 bits per heavy atom. The molecule has 4 atom stereocenters. The number of nitrogens with one attached hydrogen (secondary N) is 4. The van der Waals surface area contributed by atoms with Crippen LogP contribution in [0.25, 0.3) is 0 Å². The first-order chi connectivity index (χ1) is 14.5. The third kappa shape index (κ3) is 9.42. The van der Waals surface area contributed by atoms with Gasteiger partial charge >= 0.3 is 17.9 Å². The SMILES string of the molecule is CC(NC(=O)C(CCC(=O)O)NC(=O)C1CCCN1)C(=O)NC(CCC(=O)O)C(=O)O. The van der Waals surface area contributed by atoms with Gasteiger partial charge in [-0.2, -0.15) is 0 Å². The topological polar surface area (TPSA) is 211 Å². The Morgan fingerprint density at radius 2 is 1.45 bits per heavy atom. The van der Waals surface area contributed by atoms with Crippen molar-refractivity contribution >= 4 is 35.6 Å². The van der Waals surface area contributed by atoms with Crippen LogP contribution in [0.4, 0.5) is 0 Å². The number of carbonyl (C=O) groups is 6. The van der Waals surface area contributed by atoms with Crippen molar-refractivity contribution in [2.75, 3.05) is 6.54 Å². The highest BCUT2D eigenvalue weighted by Gasteiger charge is 2.30. The van der Waals surface area contributed by atoms with Crippen LogP contribution in [0.1, 0.15) is 45.4 Å². The molecule has 0 aliphatic carbocycles. The van der Waals surface area contributed by atoms with Crippen molar-refractivity contribution in [3.63, 3.8) is 0 Å². The van der Waals surface area contributed by atoms with Crippen LogP contribution >= 0.6 is 0 Å². The highest BCUT2D eigenvalue weighted by molar-refractivity contribution is 5.94. The first-order valence-corrected chi connectivity index (χ1v) is 9.82. The number of hydrogen-bond donors (Lipinski definition) is 7. The quantitative estimate of drug-likeness (QED) is 0.166. The molecule has 1 fully saturated rings. The largest absolute Gasteiger partial charge is 0.481 e. The molecule has 7 N–H and O–H groups in total. The molecule has 13 nitrogen and oxygen atoms in total. The summed E-state index contributed by atoms with van der Waals surface area (Å²) in [5, 5.41) is 36.6. The Kier molecular flexibility index (Phi) is 10.4. The van der Waals surface area contributed by atoms with E-state index in [-0.39, 0.29) is 12.8 Å². The van der Waals surface area contributed by atoms with Gasteiger partial charge in [-0.25, -0.2) is 4.79 Å². The number of aliphatic carboxylic acids is 3. The van der Waals surface area contributed by atoms with Gasteiger partial charge in [-0.1, -0.05) is 0 Å². The summed E-state index contributed by atoms with van der Waals surface area (Å²) in [7, 11) is 0. The van der Waals surface area contributed by atoms with Gasteiger partial charge in [0.05, 0.1) is 6.04 Å². The van der Waals surface area contributed by atoms with Gasteiger partial charge in [0.25, 0.3) is 0 Å². The fraction of sp³-hybridized carbons (Fsp3) is 0.667. The highest BCUT2D eigenvalue weighted by Crippen LogP contribution is 2.07. The lowest BCUT2D eigenvalue weighted by Crippen LogP contribution is -2.56. The summed E-state index contributed by atoms with van der Waals surface area (Å²) in [6.45, 7) is 1.92. The summed E-state index contributed by atoms with van der Waals surface area (Å²) in [6.07, 6.45) is -0.0599. The van der Waals surface area contributed by atoms with Gasteiger partial charge in [0.1, 0.15) is 18.1 Å². The van der Waals surface area contributed by atoms with Gasteiger partial charge in [-0.15, -0.1) is 0 Å². The molecule has 0 radical (unpaired) electrons. The van der Waals surface area contributed by atoms with E-state index >= 15 is 0 Å². The van der Waals surface area contributed by atoms with Crippen LogP contribution in [0.5, 0.6) is 0 Å². The van der Waals surface area contributed by atoms with E-state index in [0.717, 1.165) is 6.42 Å². The molecular weight excluding hydrogens is 416 g/mol.